The van der Waals surface area contributed by atoms with Crippen LogP contribution in [-0.2, 0) is 6.42 Å². The number of ketones is 1. The standard InChI is InChI=1S/C17H12ClN3O/c18-15-4-1-13(2-5-15)14-3-6-16(21-10-14)17(22)7-12-8-19-11-20-9-12/h1-6,8-11H,7H2. The maximum atomic E-state index is 12.2. The van der Waals surface area contributed by atoms with Crippen molar-refractivity contribution in [1.82, 2.24) is 15.0 Å². The molecule has 0 saturated heterocycles. The molecular formula is C17H12ClN3O. The van der Waals surface area contributed by atoms with Crippen molar-refractivity contribution >= 4 is 17.4 Å². The Morgan fingerprint density at radius 1 is 0.909 bits per heavy atom. The Hall–Kier alpha value is -2.59. The summed E-state index contributed by atoms with van der Waals surface area (Å²) in [6.07, 6.45) is 6.64. The molecule has 0 aliphatic carbocycles. The van der Waals surface area contributed by atoms with Crippen LogP contribution in [0.5, 0.6) is 0 Å². The fourth-order valence-corrected chi connectivity index (χ4v) is 2.20. The Kier molecular flexibility index (Phi) is 4.21. The van der Waals surface area contributed by atoms with Gasteiger partial charge < -0.3 is 0 Å². The predicted octanol–water partition coefficient (Wildman–Crippen LogP) is 3.62. The second-order valence-electron chi connectivity index (χ2n) is 4.79. The van der Waals surface area contributed by atoms with Crippen molar-refractivity contribution < 1.29 is 4.79 Å². The van der Waals surface area contributed by atoms with Gasteiger partial charge in [-0.25, -0.2) is 9.97 Å². The molecule has 0 aliphatic rings. The molecule has 0 aliphatic heterocycles. The number of carbonyl (C=O) groups is 1. The molecule has 3 aromatic rings. The molecule has 0 amide bonds. The molecule has 108 valence electrons. The van der Waals surface area contributed by atoms with Gasteiger partial charge in [0.05, 0.1) is 0 Å². The number of pyridine rings is 1. The molecule has 0 N–H and O–H groups in total. The Labute approximate surface area is 132 Å². The van der Waals surface area contributed by atoms with Crippen molar-refractivity contribution in [2.45, 2.75) is 6.42 Å². The molecule has 0 unspecified atom stereocenters. The van der Waals surface area contributed by atoms with Crippen LogP contribution < -0.4 is 0 Å². The first-order valence-electron chi connectivity index (χ1n) is 6.71. The summed E-state index contributed by atoms with van der Waals surface area (Å²) in [5.74, 6) is -0.0579. The third kappa shape index (κ3) is 3.35. The van der Waals surface area contributed by atoms with Gasteiger partial charge in [0, 0.05) is 35.6 Å². The van der Waals surface area contributed by atoms with Gasteiger partial charge in [-0.05, 0) is 29.3 Å². The van der Waals surface area contributed by atoms with Crippen LogP contribution in [0.15, 0.2) is 61.3 Å². The van der Waals surface area contributed by atoms with Gasteiger partial charge in [0.25, 0.3) is 0 Å². The van der Waals surface area contributed by atoms with Crippen LogP contribution in [0.2, 0.25) is 5.02 Å². The minimum absolute atomic E-state index is 0.0579. The van der Waals surface area contributed by atoms with Crippen LogP contribution >= 0.6 is 11.6 Å². The maximum absolute atomic E-state index is 12.2. The fraction of sp³-hybridized carbons (Fsp3) is 0.0588. The first-order chi connectivity index (χ1) is 10.7. The number of halogens is 1. The highest BCUT2D eigenvalue weighted by Gasteiger charge is 2.09. The SMILES string of the molecule is O=C(Cc1cncnc1)c1ccc(-c2ccc(Cl)cc2)cn1. The average Bonchev–Trinajstić information content (AvgIpc) is 2.57. The van der Waals surface area contributed by atoms with Crippen LogP contribution in [0, 0.1) is 0 Å². The van der Waals surface area contributed by atoms with Gasteiger partial charge in [0.2, 0.25) is 0 Å². The number of Topliss-reactive ketones (excluding diaryl/α,β-unsaturated/α-hetero) is 1. The van der Waals surface area contributed by atoms with Gasteiger partial charge in [-0.2, -0.15) is 0 Å². The normalized spacial score (nSPS) is 10.4. The van der Waals surface area contributed by atoms with E-state index in [4.69, 9.17) is 11.6 Å². The van der Waals surface area contributed by atoms with Crippen LogP contribution in [0.3, 0.4) is 0 Å². The smallest absolute Gasteiger partial charge is 0.185 e. The van der Waals surface area contributed by atoms with Gasteiger partial charge in [0.1, 0.15) is 12.0 Å². The molecule has 5 heteroatoms. The molecule has 2 heterocycles. The first-order valence-corrected chi connectivity index (χ1v) is 7.09. The Morgan fingerprint density at radius 2 is 1.59 bits per heavy atom. The number of hydrogen-bond donors (Lipinski definition) is 0. The lowest BCUT2D eigenvalue weighted by Gasteiger charge is -2.04. The summed E-state index contributed by atoms with van der Waals surface area (Å²) in [5.41, 5.74) is 3.15. The summed E-state index contributed by atoms with van der Waals surface area (Å²) >= 11 is 5.87. The number of aromatic nitrogens is 3. The Balaban J connectivity index is 1.76. The minimum Gasteiger partial charge on any atom is -0.292 e. The van der Waals surface area contributed by atoms with Crippen molar-refractivity contribution in [3.05, 3.63) is 77.6 Å². The minimum atomic E-state index is -0.0579. The number of benzene rings is 1. The lowest BCUT2D eigenvalue weighted by Crippen LogP contribution is -2.06. The van der Waals surface area contributed by atoms with Crippen molar-refractivity contribution in [3.63, 3.8) is 0 Å². The highest BCUT2D eigenvalue weighted by Crippen LogP contribution is 2.21. The largest absolute Gasteiger partial charge is 0.292 e. The summed E-state index contributed by atoms with van der Waals surface area (Å²) in [5, 5.41) is 0.689. The topological polar surface area (TPSA) is 55.7 Å². The lowest BCUT2D eigenvalue weighted by atomic mass is 10.1. The van der Waals surface area contributed by atoms with Gasteiger partial charge in [-0.3, -0.25) is 9.78 Å². The summed E-state index contributed by atoms with van der Waals surface area (Å²) in [6, 6.07) is 11.1. The van der Waals surface area contributed by atoms with E-state index in [1.54, 1.807) is 24.7 Å². The van der Waals surface area contributed by atoms with Crippen LogP contribution in [0.4, 0.5) is 0 Å². The van der Waals surface area contributed by atoms with E-state index in [9.17, 15) is 4.79 Å². The average molecular weight is 310 g/mol. The van der Waals surface area contributed by atoms with E-state index in [1.807, 2.05) is 30.3 Å². The third-order valence-electron chi connectivity index (χ3n) is 3.21. The number of carbonyl (C=O) groups excluding carboxylic acids is 1. The number of rotatable bonds is 4. The van der Waals surface area contributed by atoms with E-state index in [1.165, 1.54) is 6.33 Å². The monoisotopic (exact) mass is 309 g/mol. The molecule has 0 atom stereocenters. The van der Waals surface area contributed by atoms with Gasteiger partial charge in [-0.1, -0.05) is 29.8 Å². The van der Waals surface area contributed by atoms with Crippen LogP contribution in [0.25, 0.3) is 11.1 Å². The zero-order chi connectivity index (χ0) is 15.4. The second kappa shape index (κ2) is 6.45. The van der Waals surface area contributed by atoms with Crippen LogP contribution in [-0.4, -0.2) is 20.7 Å². The second-order valence-corrected chi connectivity index (χ2v) is 5.22. The van der Waals surface area contributed by atoms with Crippen molar-refractivity contribution in [1.29, 1.82) is 0 Å². The molecule has 0 fully saturated rings. The fourth-order valence-electron chi connectivity index (χ4n) is 2.07. The number of nitrogens with zero attached hydrogens (tertiary/aromatic N) is 3. The maximum Gasteiger partial charge on any atom is 0.185 e. The number of hydrogen-bond acceptors (Lipinski definition) is 4. The highest BCUT2D eigenvalue weighted by atomic mass is 35.5. The summed E-state index contributed by atoms with van der Waals surface area (Å²) < 4.78 is 0. The first kappa shape index (κ1) is 14.4. The molecule has 0 radical (unpaired) electrons. The molecule has 22 heavy (non-hydrogen) atoms. The van der Waals surface area contributed by atoms with E-state index >= 15 is 0 Å². The van der Waals surface area contributed by atoms with Gasteiger partial charge in [0.15, 0.2) is 5.78 Å². The van der Waals surface area contributed by atoms with E-state index in [0.717, 1.165) is 16.7 Å². The zero-order valence-electron chi connectivity index (χ0n) is 11.6. The molecule has 3 rings (SSSR count). The lowest BCUT2D eigenvalue weighted by molar-refractivity contribution is 0.0988. The molecule has 4 nitrogen and oxygen atoms in total. The van der Waals surface area contributed by atoms with E-state index in [-0.39, 0.29) is 12.2 Å². The molecule has 0 spiro atoms. The summed E-state index contributed by atoms with van der Waals surface area (Å²) in [4.78, 5) is 24.2. The Bertz CT molecular complexity index is 771. The van der Waals surface area contributed by atoms with Crippen molar-refractivity contribution in [2.24, 2.45) is 0 Å². The third-order valence-corrected chi connectivity index (χ3v) is 3.46. The Morgan fingerprint density at radius 3 is 2.23 bits per heavy atom. The quantitative estimate of drug-likeness (QED) is 0.691. The van der Waals surface area contributed by atoms with Crippen LogP contribution in [0.1, 0.15) is 16.1 Å². The van der Waals surface area contributed by atoms with Gasteiger partial charge >= 0.3 is 0 Å². The zero-order valence-corrected chi connectivity index (χ0v) is 12.4. The van der Waals surface area contributed by atoms with E-state index < -0.39 is 0 Å². The van der Waals surface area contributed by atoms with E-state index in [2.05, 4.69) is 15.0 Å². The predicted molar refractivity (Wildman–Crippen MR) is 84.7 cm³/mol. The summed E-state index contributed by atoms with van der Waals surface area (Å²) in [6.45, 7) is 0. The molecule has 2 aromatic heterocycles. The van der Waals surface area contributed by atoms with Crippen molar-refractivity contribution in [3.8, 4) is 11.1 Å². The highest BCUT2D eigenvalue weighted by molar-refractivity contribution is 6.30. The molecule has 0 bridgehead atoms. The molecule has 1 aromatic carbocycles. The summed E-state index contributed by atoms with van der Waals surface area (Å²) in [7, 11) is 0. The van der Waals surface area contributed by atoms with E-state index in [0.29, 0.717) is 10.7 Å². The molecule has 0 saturated carbocycles. The molecular weight excluding hydrogens is 298 g/mol. The van der Waals surface area contributed by atoms with Crippen molar-refractivity contribution in [2.75, 3.05) is 0 Å². The van der Waals surface area contributed by atoms with Gasteiger partial charge in [-0.15, -0.1) is 0 Å².